The van der Waals surface area contributed by atoms with E-state index < -0.39 is 0 Å². The largest absolute Gasteiger partial charge is 0.378 e. The second-order valence-electron chi connectivity index (χ2n) is 7.23. The van der Waals surface area contributed by atoms with Crippen molar-refractivity contribution in [1.29, 1.82) is 0 Å². The molecule has 25 heavy (non-hydrogen) atoms. The van der Waals surface area contributed by atoms with Crippen molar-refractivity contribution in [3.8, 4) is 0 Å². The second-order valence-corrected chi connectivity index (χ2v) is 7.23. The minimum atomic E-state index is -0.152. The first-order chi connectivity index (χ1) is 12.1. The summed E-state index contributed by atoms with van der Waals surface area (Å²) in [6.45, 7) is 6.66. The molecule has 0 aromatic heterocycles. The van der Waals surface area contributed by atoms with Crippen LogP contribution in [0.3, 0.4) is 0 Å². The number of ether oxygens (including phenoxy) is 1. The summed E-state index contributed by atoms with van der Waals surface area (Å²) in [6.07, 6.45) is 6.47. The summed E-state index contributed by atoms with van der Waals surface area (Å²) in [4.78, 5) is 9.78. The predicted octanol–water partition coefficient (Wildman–Crippen LogP) is 3.72. The molecule has 0 bridgehead atoms. The summed E-state index contributed by atoms with van der Waals surface area (Å²) < 4.78 is 19.7. The molecule has 0 aliphatic carbocycles. The van der Waals surface area contributed by atoms with Crippen LogP contribution in [0.4, 0.5) is 4.39 Å². The maximum absolute atomic E-state index is 13.9. The van der Waals surface area contributed by atoms with Gasteiger partial charge in [0.2, 0.25) is 0 Å². The summed E-state index contributed by atoms with van der Waals surface area (Å²) >= 11 is 0. The van der Waals surface area contributed by atoms with Crippen LogP contribution in [0.5, 0.6) is 0 Å². The Morgan fingerprint density at radius 2 is 2.20 bits per heavy atom. The van der Waals surface area contributed by atoms with Gasteiger partial charge in [-0.05, 0) is 67.0 Å². The third-order valence-electron chi connectivity index (χ3n) is 5.05. The topological polar surface area (TPSA) is 39.7 Å². The van der Waals surface area contributed by atoms with Crippen LogP contribution in [0.25, 0.3) is 0 Å². The number of nitrogens with one attached hydrogen (secondary N) is 1. The smallest absolute Gasteiger partial charge is 0.138 e. The van der Waals surface area contributed by atoms with Crippen LogP contribution in [0, 0.1) is 11.7 Å². The van der Waals surface area contributed by atoms with Gasteiger partial charge in [-0.3, -0.25) is 0 Å². The third kappa shape index (κ3) is 5.03. The standard InChI is InChI=1S/C20H28FNO3/c1-14(2)20-11-16(6-9-23-20)19-12-17(21)4-3-15(19)5-8-22-13-18-7-10-24-25-18/h3-4,7,10,12,14,16,18,20,22H,5-6,8-9,11,13H2,1-2H3. The molecule has 3 atom stereocenters. The van der Waals surface area contributed by atoms with Gasteiger partial charge < -0.3 is 14.9 Å². The number of halogens is 1. The van der Waals surface area contributed by atoms with Gasteiger partial charge in [-0.15, -0.1) is 0 Å². The lowest BCUT2D eigenvalue weighted by Crippen LogP contribution is -2.30. The van der Waals surface area contributed by atoms with Gasteiger partial charge in [0, 0.05) is 13.2 Å². The van der Waals surface area contributed by atoms with Gasteiger partial charge in [0.25, 0.3) is 0 Å². The molecule has 3 rings (SSSR count). The van der Waals surface area contributed by atoms with E-state index >= 15 is 0 Å². The highest BCUT2D eigenvalue weighted by Crippen LogP contribution is 2.35. The van der Waals surface area contributed by atoms with E-state index in [1.54, 1.807) is 18.4 Å². The Morgan fingerprint density at radius 1 is 1.32 bits per heavy atom. The van der Waals surface area contributed by atoms with Crippen LogP contribution in [-0.2, 0) is 20.9 Å². The van der Waals surface area contributed by atoms with Crippen molar-refractivity contribution in [1.82, 2.24) is 5.32 Å². The molecule has 2 heterocycles. The maximum atomic E-state index is 13.9. The van der Waals surface area contributed by atoms with Crippen molar-refractivity contribution in [2.24, 2.45) is 5.92 Å². The number of hydrogen-bond donors (Lipinski definition) is 1. The average molecular weight is 349 g/mol. The molecule has 2 aliphatic rings. The van der Waals surface area contributed by atoms with E-state index in [1.807, 2.05) is 12.1 Å². The number of benzene rings is 1. The quantitative estimate of drug-likeness (QED) is 0.602. The van der Waals surface area contributed by atoms with Crippen LogP contribution in [-0.4, -0.2) is 31.9 Å². The van der Waals surface area contributed by atoms with Crippen molar-refractivity contribution in [2.75, 3.05) is 19.7 Å². The Balaban J connectivity index is 1.60. The van der Waals surface area contributed by atoms with Gasteiger partial charge in [0.15, 0.2) is 0 Å². The van der Waals surface area contributed by atoms with Crippen LogP contribution in [0.2, 0.25) is 0 Å². The Bertz CT molecular complexity index is 590. The monoisotopic (exact) mass is 349 g/mol. The molecule has 0 amide bonds. The van der Waals surface area contributed by atoms with Crippen molar-refractivity contribution < 1.29 is 18.9 Å². The molecule has 5 heteroatoms. The zero-order chi connectivity index (χ0) is 17.6. The number of hydrogen-bond acceptors (Lipinski definition) is 4. The molecular weight excluding hydrogens is 321 g/mol. The second kappa shape index (κ2) is 8.79. The first-order valence-electron chi connectivity index (χ1n) is 9.23. The van der Waals surface area contributed by atoms with E-state index in [1.165, 1.54) is 5.56 Å². The predicted molar refractivity (Wildman–Crippen MR) is 94.6 cm³/mol. The normalized spacial score (nSPS) is 26.2. The van der Waals surface area contributed by atoms with E-state index in [0.717, 1.165) is 38.0 Å². The highest BCUT2D eigenvalue weighted by molar-refractivity contribution is 5.32. The summed E-state index contributed by atoms with van der Waals surface area (Å²) in [7, 11) is 0. The van der Waals surface area contributed by atoms with E-state index in [0.29, 0.717) is 18.4 Å². The highest BCUT2D eigenvalue weighted by Gasteiger charge is 2.27. The van der Waals surface area contributed by atoms with Gasteiger partial charge in [-0.1, -0.05) is 19.9 Å². The van der Waals surface area contributed by atoms with Gasteiger partial charge >= 0.3 is 0 Å². The lowest BCUT2D eigenvalue weighted by atomic mass is 9.82. The molecule has 138 valence electrons. The first-order valence-corrected chi connectivity index (χ1v) is 9.23. The van der Waals surface area contributed by atoms with Crippen molar-refractivity contribution in [2.45, 2.75) is 51.2 Å². The third-order valence-corrected chi connectivity index (χ3v) is 5.05. The molecule has 0 radical (unpaired) electrons. The molecule has 1 fully saturated rings. The van der Waals surface area contributed by atoms with Gasteiger partial charge in [0.1, 0.15) is 18.2 Å². The maximum Gasteiger partial charge on any atom is 0.138 e. The first kappa shape index (κ1) is 18.4. The van der Waals surface area contributed by atoms with Crippen LogP contribution >= 0.6 is 0 Å². The SMILES string of the molecule is CC(C)C1CC(c2cc(F)ccc2CCNCC2C=COO2)CCO1. The van der Waals surface area contributed by atoms with Gasteiger partial charge in [0.05, 0.1) is 6.10 Å². The summed E-state index contributed by atoms with van der Waals surface area (Å²) in [5.74, 6) is 0.713. The highest BCUT2D eigenvalue weighted by atomic mass is 19.1. The fourth-order valence-corrected chi connectivity index (χ4v) is 3.57. The van der Waals surface area contributed by atoms with E-state index in [-0.39, 0.29) is 18.0 Å². The zero-order valence-corrected chi connectivity index (χ0v) is 15.0. The Morgan fingerprint density at radius 3 is 2.96 bits per heavy atom. The van der Waals surface area contributed by atoms with Gasteiger partial charge in [-0.25, -0.2) is 4.39 Å². The van der Waals surface area contributed by atoms with Crippen molar-refractivity contribution in [3.05, 3.63) is 47.5 Å². The Hall–Kier alpha value is -1.43. The Labute approximate surface area is 149 Å². The van der Waals surface area contributed by atoms with Crippen molar-refractivity contribution >= 4 is 0 Å². The Kier molecular flexibility index (Phi) is 6.45. The van der Waals surface area contributed by atoms with E-state index in [4.69, 9.17) is 14.5 Å². The fourth-order valence-electron chi connectivity index (χ4n) is 3.57. The van der Waals surface area contributed by atoms with Crippen LogP contribution in [0.15, 0.2) is 30.5 Å². The summed E-state index contributed by atoms with van der Waals surface area (Å²) in [5.41, 5.74) is 2.37. The van der Waals surface area contributed by atoms with E-state index in [2.05, 4.69) is 19.2 Å². The number of rotatable bonds is 7. The summed E-state index contributed by atoms with van der Waals surface area (Å²) in [5, 5.41) is 3.37. The lowest BCUT2D eigenvalue weighted by molar-refractivity contribution is -0.250. The molecule has 1 aromatic rings. The molecule has 1 aromatic carbocycles. The molecule has 1 N–H and O–H groups in total. The molecular formula is C20H28FNO3. The van der Waals surface area contributed by atoms with E-state index in [9.17, 15) is 4.39 Å². The van der Waals surface area contributed by atoms with Crippen molar-refractivity contribution in [3.63, 3.8) is 0 Å². The average Bonchev–Trinajstić information content (AvgIpc) is 3.13. The minimum Gasteiger partial charge on any atom is -0.378 e. The lowest BCUT2D eigenvalue weighted by Gasteiger charge is -2.33. The minimum absolute atomic E-state index is 0.0324. The molecule has 4 nitrogen and oxygen atoms in total. The summed E-state index contributed by atoms with van der Waals surface area (Å²) in [6, 6.07) is 5.22. The molecule has 3 unspecified atom stereocenters. The van der Waals surface area contributed by atoms with Gasteiger partial charge in [-0.2, -0.15) is 4.89 Å². The molecule has 0 spiro atoms. The zero-order valence-electron chi connectivity index (χ0n) is 15.0. The fraction of sp³-hybridized carbons (Fsp3) is 0.600. The van der Waals surface area contributed by atoms with Crippen LogP contribution in [0.1, 0.15) is 43.7 Å². The molecule has 1 saturated heterocycles. The van der Waals surface area contributed by atoms with Crippen LogP contribution < -0.4 is 5.32 Å². The molecule has 0 saturated carbocycles. The molecule has 2 aliphatic heterocycles.